The van der Waals surface area contributed by atoms with Crippen LogP contribution in [0.15, 0.2) is 30.3 Å². The van der Waals surface area contributed by atoms with Gasteiger partial charge in [0.1, 0.15) is 6.10 Å². The molecule has 0 bridgehead atoms. The second-order valence-electron chi connectivity index (χ2n) is 7.08. The van der Waals surface area contributed by atoms with Gasteiger partial charge in [-0.2, -0.15) is 0 Å². The Labute approximate surface area is 154 Å². The summed E-state index contributed by atoms with van der Waals surface area (Å²) < 4.78 is 11.8. The fourth-order valence-electron chi connectivity index (χ4n) is 3.58. The fourth-order valence-corrected chi connectivity index (χ4v) is 3.58. The average Bonchev–Trinajstić information content (AvgIpc) is 3.06. The van der Waals surface area contributed by atoms with Crippen LogP contribution in [0.1, 0.15) is 44.1 Å². The Morgan fingerprint density at radius 1 is 1.04 bits per heavy atom. The van der Waals surface area contributed by atoms with Crippen LogP contribution in [0, 0.1) is 0 Å². The highest BCUT2D eigenvalue weighted by Crippen LogP contribution is 2.37. The van der Waals surface area contributed by atoms with Crippen molar-refractivity contribution in [1.82, 2.24) is 10.6 Å². The number of hydrogen-bond acceptors (Lipinski definition) is 4. The first-order chi connectivity index (χ1) is 12.7. The van der Waals surface area contributed by atoms with Crippen molar-refractivity contribution < 1.29 is 19.1 Å². The summed E-state index contributed by atoms with van der Waals surface area (Å²) >= 11 is 0. The van der Waals surface area contributed by atoms with E-state index in [1.54, 1.807) is 0 Å². The minimum atomic E-state index is -0.613. The summed E-state index contributed by atoms with van der Waals surface area (Å²) in [4.78, 5) is 23.8. The van der Waals surface area contributed by atoms with Gasteiger partial charge in [0.2, 0.25) is 0 Å². The van der Waals surface area contributed by atoms with Crippen LogP contribution in [-0.4, -0.2) is 43.4 Å². The number of aryl methyl sites for hydroxylation is 1. The van der Waals surface area contributed by atoms with E-state index in [1.165, 1.54) is 12.0 Å². The lowest BCUT2D eigenvalue weighted by atomic mass is 9.94. The molecule has 2 amide bonds. The molecule has 142 valence electrons. The van der Waals surface area contributed by atoms with E-state index >= 15 is 0 Å². The number of carbonyl (C=O) groups excluding carboxylic acids is 2. The molecule has 6 nitrogen and oxygen atoms in total. The van der Waals surface area contributed by atoms with Crippen LogP contribution in [0.5, 0.6) is 0 Å². The predicted molar refractivity (Wildman–Crippen MR) is 97.4 cm³/mol. The third-order valence-electron chi connectivity index (χ3n) is 5.00. The maximum Gasteiger partial charge on any atom is 0.309 e. The molecule has 0 radical (unpaired) electrons. The standard InChI is InChI=1S/C20H28N2O4/c23-18(21-13-7-10-16-8-3-1-4-9-16)19(24)22-14-17-15-25-20(26-17)11-5-2-6-12-20/h1,3-4,8-9,17H,2,5-7,10-15H2,(H,21,23)(H,22,24)/t17-/m1/s1. The van der Waals surface area contributed by atoms with Crippen molar-refractivity contribution in [3.8, 4) is 0 Å². The van der Waals surface area contributed by atoms with Crippen LogP contribution in [0.4, 0.5) is 0 Å². The molecule has 1 spiro atoms. The van der Waals surface area contributed by atoms with Crippen LogP contribution in [-0.2, 0) is 25.5 Å². The van der Waals surface area contributed by atoms with Gasteiger partial charge >= 0.3 is 11.8 Å². The summed E-state index contributed by atoms with van der Waals surface area (Å²) in [5, 5.41) is 5.31. The molecule has 1 saturated carbocycles. The Bertz CT molecular complexity index is 599. The third kappa shape index (κ3) is 5.29. The van der Waals surface area contributed by atoms with Crippen molar-refractivity contribution in [2.75, 3.05) is 19.7 Å². The highest BCUT2D eigenvalue weighted by Gasteiger charge is 2.42. The summed E-state index contributed by atoms with van der Waals surface area (Å²) in [7, 11) is 0. The second-order valence-corrected chi connectivity index (χ2v) is 7.08. The number of rotatable bonds is 6. The molecule has 1 aromatic carbocycles. The molecule has 0 unspecified atom stereocenters. The summed E-state index contributed by atoms with van der Waals surface area (Å²) in [6.45, 7) is 1.25. The van der Waals surface area contributed by atoms with Crippen molar-refractivity contribution in [2.24, 2.45) is 0 Å². The normalized spacial score (nSPS) is 21.5. The van der Waals surface area contributed by atoms with Crippen LogP contribution < -0.4 is 10.6 Å². The number of ether oxygens (including phenoxy) is 2. The van der Waals surface area contributed by atoms with Gasteiger partial charge in [-0.3, -0.25) is 9.59 Å². The first-order valence-electron chi connectivity index (χ1n) is 9.59. The SMILES string of the molecule is O=C(NCCCc1ccccc1)C(=O)NC[C@@H]1COC2(CCCCC2)O1. The Kier molecular flexibility index (Phi) is 6.63. The Morgan fingerprint density at radius 2 is 1.77 bits per heavy atom. The van der Waals surface area contributed by atoms with E-state index in [2.05, 4.69) is 22.8 Å². The lowest BCUT2D eigenvalue weighted by Gasteiger charge is -2.31. The molecule has 1 atom stereocenters. The van der Waals surface area contributed by atoms with Crippen molar-refractivity contribution in [1.29, 1.82) is 0 Å². The molecule has 1 aliphatic heterocycles. The van der Waals surface area contributed by atoms with Gasteiger partial charge in [0.05, 0.1) is 6.61 Å². The van der Waals surface area contributed by atoms with Crippen molar-refractivity contribution in [3.05, 3.63) is 35.9 Å². The molecule has 3 rings (SSSR count). The van der Waals surface area contributed by atoms with Crippen LogP contribution >= 0.6 is 0 Å². The van der Waals surface area contributed by atoms with Crippen molar-refractivity contribution in [3.63, 3.8) is 0 Å². The van der Waals surface area contributed by atoms with Gasteiger partial charge in [-0.05, 0) is 31.2 Å². The average molecular weight is 360 g/mol. The minimum absolute atomic E-state index is 0.178. The highest BCUT2D eigenvalue weighted by molar-refractivity contribution is 6.35. The zero-order valence-electron chi connectivity index (χ0n) is 15.2. The van der Waals surface area contributed by atoms with Gasteiger partial charge in [-0.25, -0.2) is 0 Å². The largest absolute Gasteiger partial charge is 0.348 e. The maximum atomic E-state index is 11.9. The van der Waals surface area contributed by atoms with E-state index in [0.29, 0.717) is 19.7 Å². The van der Waals surface area contributed by atoms with E-state index < -0.39 is 17.6 Å². The minimum Gasteiger partial charge on any atom is -0.348 e. The number of benzene rings is 1. The van der Waals surface area contributed by atoms with Crippen molar-refractivity contribution in [2.45, 2.75) is 56.8 Å². The Morgan fingerprint density at radius 3 is 2.54 bits per heavy atom. The zero-order chi connectivity index (χ0) is 18.2. The van der Waals surface area contributed by atoms with E-state index in [-0.39, 0.29) is 6.10 Å². The smallest absolute Gasteiger partial charge is 0.309 e. The van der Waals surface area contributed by atoms with Gasteiger partial charge in [0, 0.05) is 25.9 Å². The molecule has 1 saturated heterocycles. The highest BCUT2D eigenvalue weighted by atomic mass is 16.7. The van der Waals surface area contributed by atoms with E-state index in [9.17, 15) is 9.59 Å². The lowest BCUT2D eigenvalue weighted by Crippen LogP contribution is -2.44. The van der Waals surface area contributed by atoms with Crippen LogP contribution in [0.25, 0.3) is 0 Å². The number of hydrogen-bond donors (Lipinski definition) is 2. The van der Waals surface area contributed by atoms with E-state index in [1.807, 2.05) is 18.2 Å². The van der Waals surface area contributed by atoms with Gasteiger partial charge < -0.3 is 20.1 Å². The Hall–Kier alpha value is -1.92. The van der Waals surface area contributed by atoms with E-state index in [0.717, 1.165) is 38.5 Å². The zero-order valence-corrected chi connectivity index (χ0v) is 15.2. The number of carbonyl (C=O) groups is 2. The third-order valence-corrected chi connectivity index (χ3v) is 5.00. The monoisotopic (exact) mass is 360 g/mol. The van der Waals surface area contributed by atoms with Crippen LogP contribution in [0.3, 0.4) is 0 Å². The van der Waals surface area contributed by atoms with Crippen LogP contribution in [0.2, 0.25) is 0 Å². The molecule has 0 aromatic heterocycles. The quantitative estimate of drug-likeness (QED) is 0.600. The summed E-state index contributed by atoms with van der Waals surface area (Å²) in [6.07, 6.45) is 6.78. The molecule has 2 fully saturated rings. The summed E-state index contributed by atoms with van der Waals surface area (Å²) in [5.41, 5.74) is 1.22. The van der Waals surface area contributed by atoms with Gasteiger partial charge in [-0.1, -0.05) is 36.8 Å². The maximum absolute atomic E-state index is 11.9. The van der Waals surface area contributed by atoms with Crippen molar-refractivity contribution >= 4 is 11.8 Å². The number of amides is 2. The summed E-state index contributed by atoms with van der Waals surface area (Å²) in [5.74, 6) is -1.66. The van der Waals surface area contributed by atoms with Gasteiger partial charge in [0.15, 0.2) is 5.79 Å². The van der Waals surface area contributed by atoms with Gasteiger partial charge in [0.25, 0.3) is 0 Å². The van der Waals surface area contributed by atoms with Gasteiger partial charge in [-0.15, -0.1) is 0 Å². The molecule has 1 heterocycles. The molecular formula is C20H28N2O4. The number of nitrogens with one attached hydrogen (secondary N) is 2. The Balaban J connectivity index is 1.30. The topological polar surface area (TPSA) is 76.7 Å². The molecule has 2 aliphatic rings. The molecule has 2 N–H and O–H groups in total. The molecule has 1 aliphatic carbocycles. The fraction of sp³-hybridized carbons (Fsp3) is 0.600. The molecule has 26 heavy (non-hydrogen) atoms. The lowest BCUT2D eigenvalue weighted by molar-refractivity contribution is -0.186. The first-order valence-corrected chi connectivity index (χ1v) is 9.59. The van der Waals surface area contributed by atoms with E-state index in [4.69, 9.17) is 9.47 Å². The molecular weight excluding hydrogens is 332 g/mol. The second kappa shape index (κ2) is 9.14. The predicted octanol–water partition coefficient (Wildman–Crippen LogP) is 1.93. The summed E-state index contributed by atoms with van der Waals surface area (Å²) in [6, 6.07) is 10.1. The molecule has 1 aromatic rings. The first kappa shape index (κ1) is 18.9. The molecule has 6 heteroatoms.